The van der Waals surface area contributed by atoms with E-state index in [1.54, 1.807) is 24.6 Å². The highest BCUT2D eigenvalue weighted by molar-refractivity contribution is 7.10. The number of thiophene rings is 1. The first-order chi connectivity index (χ1) is 11.4. The van der Waals surface area contributed by atoms with Crippen LogP contribution in [0.3, 0.4) is 0 Å². The van der Waals surface area contributed by atoms with Crippen molar-refractivity contribution >= 4 is 22.4 Å². The quantitative estimate of drug-likeness (QED) is 0.561. The van der Waals surface area contributed by atoms with E-state index in [1.807, 2.05) is 30.5 Å². The molecule has 0 aliphatic rings. The van der Waals surface area contributed by atoms with Gasteiger partial charge in [0.05, 0.1) is 6.54 Å². The van der Waals surface area contributed by atoms with Crippen LogP contribution in [0.2, 0.25) is 0 Å². The van der Waals surface area contributed by atoms with E-state index < -0.39 is 0 Å². The zero-order chi connectivity index (χ0) is 15.6. The van der Waals surface area contributed by atoms with Crippen molar-refractivity contribution in [1.29, 1.82) is 0 Å². The number of methoxy groups -OCH3 is 1. The van der Waals surface area contributed by atoms with Crippen LogP contribution in [0.1, 0.15) is 11.0 Å². The largest absolute Gasteiger partial charge is 0.374 e. The van der Waals surface area contributed by atoms with Crippen LogP contribution in [0.25, 0.3) is 22.4 Å². The van der Waals surface area contributed by atoms with Gasteiger partial charge < -0.3 is 9.30 Å². The Balaban J connectivity index is 1.73. The van der Waals surface area contributed by atoms with Crippen LogP contribution in [0, 0.1) is 0 Å². The maximum Gasteiger partial charge on any atom is 0.146 e. The molecule has 4 rings (SSSR count). The van der Waals surface area contributed by atoms with Crippen LogP contribution in [0.5, 0.6) is 0 Å². The Morgan fingerprint density at radius 1 is 1.26 bits per heavy atom. The van der Waals surface area contributed by atoms with E-state index in [9.17, 15) is 0 Å². The standard InChI is InChI=1S/C16H14N4O2S/c1-21-13(14-6-3-9-23-14)10-20-8-7-17-16(20)11-4-2-5-12-15(11)19-22-18-12/h2-9,13H,10H2,1H3/t13-/m1/s1. The van der Waals surface area contributed by atoms with Crippen LogP contribution < -0.4 is 0 Å². The van der Waals surface area contributed by atoms with Crippen molar-refractivity contribution in [2.24, 2.45) is 0 Å². The number of aromatic nitrogens is 4. The van der Waals surface area contributed by atoms with Crippen LogP contribution in [0.4, 0.5) is 0 Å². The molecule has 0 fully saturated rings. The second-order valence-corrected chi connectivity index (χ2v) is 6.06. The Morgan fingerprint density at radius 2 is 2.22 bits per heavy atom. The number of nitrogens with zero attached hydrogens (tertiary/aromatic N) is 4. The molecule has 0 aliphatic carbocycles. The van der Waals surface area contributed by atoms with Gasteiger partial charge in [-0.3, -0.25) is 0 Å². The summed E-state index contributed by atoms with van der Waals surface area (Å²) in [6.07, 6.45) is 3.71. The van der Waals surface area contributed by atoms with Gasteiger partial charge in [-0.1, -0.05) is 12.1 Å². The Bertz CT molecular complexity index is 913. The number of benzene rings is 1. The van der Waals surface area contributed by atoms with Gasteiger partial charge in [-0.25, -0.2) is 9.61 Å². The van der Waals surface area contributed by atoms with Crippen molar-refractivity contribution in [3.05, 3.63) is 53.0 Å². The molecular weight excluding hydrogens is 312 g/mol. The summed E-state index contributed by atoms with van der Waals surface area (Å²) in [6.45, 7) is 0.675. The molecule has 3 heterocycles. The molecule has 116 valence electrons. The Kier molecular flexibility index (Phi) is 3.64. The molecule has 1 atom stereocenters. The molecule has 1 aromatic carbocycles. The van der Waals surface area contributed by atoms with E-state index in [4.69, 9.17) is 9.37 Å². The van der Waals surface area contributed by atoms with Crippen LogP contribution in [0.15, 0.2) is 52.7 Å². The first-order valence-corrected chi connectivity index (χ1v) is 8.04. The van der Waals surface area contributed by atoms with E-state index in [0.29, 0.717) is 12.1 Å². The highest BCUT2D eigenvalue weighted by atomic mass is 32.1. The first kappa shape index (κ1) is 14.1. The predicted molar refractivity (Wildman–Crippen MR) is 87.1 cm³/mol. The summed E-state index contributed by atoms with van der Waals surface area (Å²) in [5.41, 5.74) is 2.33. The molecule has 6 nitrogen and oxygen atoms in total. The van der Waals surface area contributed by atoms with Crippen molar-refractivity contribution in [3.8, 4) is 11.4 Å². The number of hydrogen-bond acceptors (Lipinski definition) is 6. The first-order valence-electron chi connectivity index (χ1n) is 7.16. The number of ether oxygens (including phenoxy) is 1. The molecule has 0 radical (unpaired) electrons. The fourth-order valence-electron chi connectivity index (χ4n) is 2.62. The normalized spacial score (nSPS) is 12.7. The molecule has 23 heavy (non-hydrogen) atoms. The molecule has 3 aromatic heterocycles. The third kappa shape index (κ3) is 2.54. The minimum Gasteiger partial charge on any atom is -0.374 e. The summed E-state index contributed by atoms with van der Waals surface area (Å²) < 4.78 is 12.6. The van der Waals surface area contributed by atoms with Crippen molar-refractivity contribution in [2.45, 2.75) is 12.6 Å². The molecule has 0 amide bonds. The summed E-state index contributed by atoms with van der Waals surface area (Å²) in [6, 6.07) is 9.87. The zero-order valence-electron chi connectivity index (χ0n) is 12.4. The van der Waals surface area contributed by atoms with Gasteiger partial charge >= 0.3 is 0 Å². The van der Waals surface area contributed by atoms with Crippen molar-refractivity contribution < 1.29 is 9.37 Å². The van der Waals surface area contributed by atoms with Crippen molar-refractivity contribution in [3.63, 3.8) is 0 Å². The van der Waals surface area contributed by atoms with Gasteiger partial charge in [0.1, 0.15) is 23.0 Å². The lowest BCUT2D eigenvalue weighted by Gasteiger charge is -2.16. The molecule has 0 bridgehead atoms. The van der Waals surface area contributed by atoms with Gasteiger partial charge in [0, 0.05) is 29.9 Å². The van der Waals surface area contributed by atoms with Gasteiger partial charge in [0.2, 0.25) is 0 Å². The second-order valence-electron chi connectivity index (χ2n) is 5.08. The maximum absolute atomic E-state index is 5.65. The summed E-state index contributed by atoms with van der Waals surface area (Å²) in [4.78, 5) is 5.67. The second kappa shape index (κ2) is 5.94. The van der Waals surface area contributed by atoms with Crippen molar-refractivity contribution in [2.75, 3.05) is 7.11 Å². The molecular formula is C16H14N4O2S. The highest BCUT2D eigenvalue weighted by Crippen LogP contribution is 2.28. The molecule has 0 aliphatic heterocycles. The lowest BCUT2D eigenvalue weighted by atomic mass is 10.1. The summed E-state index contributed by atoms with van der Waals surface area (Å²) >= 11 is 1.69. The highest BCUT2D eigenvalue weighted by Gasteiger charge is 2.17. The Morgan fingerprint density at radius 3 is 3.04 bits per heavy atom. The lowest BCUT2D eigenvalue weighted by Crippen LogP contribution is -2.10. The SMILES string of the molecule is CO[C@H](Cn1ccnc1-c1cccc2nonc12)c1cccs1. The van der Waals surface area contributed by atoms with Gasteiger partial charge in [0.25, 0.3) is 0 Å². The van der Waals surface area contributed by atoms with Gasteiger partial charge in [-0.2, -0.15) is 0 Å². The lowest BCUT2D eigenvalue weighted by molar-refractivity contribution is 0.0911. The topological polar surface area (TPSA) is 66.0 Å². The average molecular weight is 326 g/mol. The summed E-state index contributed by atoms with van der Waals surface area (Å²) in [5, 5.41) is 9.94. The fraction of sp³-hybridized carbons (Fsp3) is 0.188. The van der Waals surface area contributed by atoms with Gasteiger partial charge in [-0.05, 0) is 33.9 Å². The maximum atomic E-state index is 5.65. The number of imidazole rings is 1. The molecule has 0 saturated heterocycles. The molecule has 7 heteroatoms. The molecule has 4 aromatic rings. The number of rotatable bonds is 5. The summed E-state index contributed by atoms with van der Waals surface area (Å²) in [7, 11) is 1.73. The van der Waals surface area contributed by atoms with E-state index in [2.05, 4.69) is 31.3 Å². The van der Waals surface area contributed by atoms with E-state index in [-0.39, 0.29) is 6.10 Å². The van der Waals surface area contributed by atoms with E-state index in [0.717, 1.165) is 16.9 Å². The predicted octanol–water partition coefficient (Wildman–Crippen LogP) is 3.54. The third-order valence-corrected chi connectivity index (χ3v) is 4.71. The third-order valence-electron chi connectivity index (χ3n) is 3.75. The minimum absolute atomic E-state index is 0.0161. The van der Waals surface area contributed by atoms with Crippen LogP contribution >= 0.6 is 11.3 Å². The Labute approximate surface area is 136 Å². The smallest absolute Gasteiger partial charge is 0.146 e. The molecule has 0 unspecified atom stereocenters. The number of fused-ring (bicyclic) bond motifs is 1. The minimum atomic E-state index is -0.0161. The number of hydrogen-bond donors (Lipinski definition) is 0. The average Bonchev–Trinajstić information content (AvgIpc) is 3.32. The van der Waals surface area contributed by atoms with Crippen LogP contribution in [-0.2, 0) is 11.3 Å². The summed E-state index contributed by atoms with van der Waals surface area (Å²) in [5.74, 6) is 0.824. The van der Waals surface area contributed by atoms with Crippen LogP contribution in [-0.4, -0.2) is 27.0 Å². The zero-order valence-corrected chi connectivity index (χ0v) is 13.2. The fourth-order valence-corrected chi connectivity index (χ4v) is 3.42. The Hall–Kier alpha value is -2.51. The molecule has 0 spiro atoms. The van der Waals surface area contributed by atoms with Gasteiger partial charge in [-0.15, -0.1) is 11.3 Å². The molecule has 0 saturated carbocycles. The van der Waals surface area contributed by atoms with Gasteiger partial charge in [0.15, 0.2) is 0 Å². The van der Waals surface area contributed by atoms with E-state index in [1.165, 1.54) is 4.88 Å². The molecule has 0 N–H and O–H groups in total. The van der Waals surface area contributed by atoms with E-state index >= 15 is 0 Å². The van der Waals surface area contributed by atoms with Crippen molar-refractivity contribution in [1.82, 2.24) is 19.9 Å². The monoisotopic (exact) mass is 326 g/mol.